The van der Waals surface area contributed by atoms with E-state index in [0.717, 1.165) is 0 Å². The molecule has 0 radical (unpaired) electrons. The average Bonchev–Trinajstić information content (AvgIpc) is 2.38. The highest BCUT2D eigenvalue weighted by molar-refractivity contribution is 7.92. The van der Waals surface area contributed by atoms with E-state index in [1.807, 2.05) is 0 Å². The number of ether oxygens (including phenoxy) is 2. The van der Waals surface area contributed by atoms with Gasteiger partial charge in [0.25, 0.3) is 0 Å². The molecule has 1 N–H and O–H groups in total. The van der Waals surface area contributed by atoms with Gasteiger partial charge in [-0.25, -0.2) is 8.42 Å². The molecule has 0 aromatic heterocycles. The Morgan fingerprint density at radius 3 is 2.35 bits per heavy atom. The van der Waals surface area contributed by atoms with Crippen LogP contribution in [0, 0.1) is 0 Å². The fraction of sp³-hybridized carbons (Fsp3) is 0.462. The van der Waals surface area contributed by atoms with Crippen molar-refractivity contribution in [2.45, 2.75) is 17.9 Å². The van der Waals surface area contributed by atoms with Crippen molar-refractivity contribution in [3.63, 3.8) is 0 Å². The van der Waals surface area contributed by atoms with Gasteiger partial charge in [-0.05, 0) is 31.2 Å². The quantitative estimate of drug-likeness (QED) is 0.798. The molecule has 1 amide bonds. The van der Waals surface area contributed by atoms with Crippen molar-refractivity contribution in [3.8, 4) is 5.75 Å². The number of hydrogen-bond donors (Lipinski definition) is 1. The maximum Gasteiger partial charge on any atom is 0.235 e. The average molecular weight is 301 g/mol. The Morgan fingerprint density at radius 2 is 1.85 bits per heavy atom. The standard InChI is InChI=1S/C13H19NO5S/c1-10(8-18-2)14-13(15)9-20(16,17)12-6-4-11(19-3)5-7-12/h4-7,10H,8-9H2,1-3H3,(H,14,15)/t10-/m0/s1. The molecule has 1 rings (SSSR count). The van der Waals surface area contributed by atoms with E-state index in [1.54, 1.807) is 19.1 Å². The highest BCUT2D eigenvalue weighted by Crippen LogP contribution is 2.16. The summed E-state index contributed by atoms with van der Waals surface area (Å²) in [7, 11) is -0.649. The van der Waals surface area contributed by atoms with Gasteiger partial charge < -0.3 is 14.8 Å². The van der Waals surface area contributed by atoms with Crippen LogP contribution in [0.25, 0.3) is 0 Å². The lowest BCUT2D eigenvalue weighted by molar-refractivity contribution is -0.119. The molecular weight excluding hydrogens is 282 g/mol. The second kappa shape index (κ2) is 7.25. The van der Waals surface area contributed by atoms with Crippen molar-refractivity contribution in [3.05, 3.63) is 24.3 Å². The molecule has 20 heavy (non-hydrogen) atoms. The fourth-order valence-electron chi connectivity index (χ4n) is 1.65. The van der Waals surface area contributed by atoms with Gasteiger partial charge in [-0.2, -0.15) is 0 Å². The molecule has 7 heteroatoms. The summed E-state index contributed by atoms with van der Waals surface area (Å²) in [6.45, 7) is 2.07. The molecule has 0 bridgehead atoms. The molecule has 112 valence electrons. The summed E-state index contributed by atoms with van der Waals surface area (Å²) in [5.41, 5.74) is 0. The Hall–Kier alpha value is -1.60. The van der Waals surface area contributed by atoms with E-state index in [0.29, 0.717) is 12.4 Å². The monoisotopic (exact) mass is 301 g/mol. The van der Waals surface area contributed by atoms with Crippen molar-refractivity contribution < 1.29 is 22.7 Å². The third-order valence-electron chi connectivity index (χ3n) is 2.56. The number of carbonyl (C=O) groups excluding carboxylic acids is 1. The highest BCUT2D eigenvalue weighted by Gasteiger charge is 2.20. The Kier molecular flexibility index (Phi) is 5.97. The summed E-state index contributed by atoms with van der Waals surface area (Å²) >= 11 is 0. The van der Waals surface area contributed by atoms with Crippen LogP contribution in [0.1, 0.15) is 6.92 Å². The molecule has 0 aliphatic rings. The van der Waals surface area contributed by atoms with Gasteiger partial charge >= 0.3 is 0 Å². The normalized spacial score (nSPS) is 12.8. The maximum atomic E-state index is 12.0. The van der Waals surface area contributed by atoms with Crippen LogP contribution < -0.4 is 10.1 Å². The molecule has 0 unspecified atom stereocenters. The molecule has 6 nitrogen and oxygen atoms in total. The minimum atomic E-state index is -3.65. The summed E-state index contributed by atoms with van der Waals surface area (Å²) in [6.07, 6.45) is 0. The van der Waals surface area contributed by atoms with Crippen molar-refractivity contribution in [2.24, 2.45) is 0 Å². The number of sulfone groups is 1. The van der Waals surface area contributed by atoms with Gasteiger partial charge in [0, 0.05) is 13.2 Å². The van der Waals surface area contributed by atoms with Crippen LogP contribution in [-0.4, -0.2) is 46.9 Å². The molecule has 0 aliphatic heterocycles. The summed E-state index contributed by atoms with van der Waals surface area (Å²) in [5, 5.41) is 2.56. The molecule has 0 aliphatic carbocycles. The number of carbonyl (C=O) groups is 1. The maximum absolute atomic E-state index is 12.0. The van der Waals surface area contributed by atoms with Gasteiger partial charge in [0.15, 0.2) is 9.84 Å². The summed E-state index contributed by atoms with van der Waals surface area (Å²) < 4.78 is 33.9. The number of rotatable bonds is 7. The predicted molar refractivity (Wildman–Crippen MR) is 74.5 cm³/mol. The summed E-state index contributed by atoms with van der Waals surface area (Å²) in [4.78, 5) is 11.8. The zero-order valence-electron chi connectivity index (χ0n) is 11.8. The molecule has 0 spiro atoms. The fourth-order valence-corrected chi connectivity index (χ4v) is 2.79. The zero-order chi connectivity index (χ0) is 15.2. The molecular formula is C13H19NO5S. The number of amides is 1. The smallest absolute Gasteiger partial charge is 0.235 e. The van der Waals surface area contributed by atoms with Crippen molar-refractivity contribution in [2.75, 3.05) is 26.6 Å². The third kappa shape index (κ3) is 4.82. The van der Waals surface area contributed by atoms with Gasteiger partial charge in [-0.15, -0.1) is 0 Å². The van der Waals surface area contributed by atoms with E-state index in [1.165, 1.54) is 26.4 Å². The second-order valence-corrected chi connectivity index (χ2v) is 6.35. The van der Waals surface area contributed by atoms with Crippen molar-refractivity contribution in [1.29, 1.82) is 0 Å². The molecule has 0 saturated carbocycles. The third-order valence-corrected chi connectivity index (χ3v) is 4.20. The van der Waals surface area contributed by atoms with Crippen LogP contribution in [0.5, 0.6) is 5.75 Å². The summed E-state index contributed by atoms with van der Waals surface area (Å²) in [6, 6.07) is 5.68. The van der Waals surface area contributed by atoms with E-state index < -0.39 is 21.5 Å². The van der Waals surface area contributed by atoms with Gasteiger partial charge in [0.2, 0.25) is 5.91 Å². The SMILES string of the molecule is COC[C@H](C)NC(=O)CS(=O)(=O)c1ccc(OC)cc1. The first-order chi connectivity index (χ1) is 9.39. The van der Waals surface area contributed by atoms with E-state index in [2.05, 4.69) is 5.32 Å². The van der Waals surface area contributed by atoms with E-state index in [-0.39, 0.29) is 10.9 Å². The summed E-state index contributed by atoms with van der Waals surface area (Å²) in [5.74, 6) is -0.583. The number of methoxy groups -OCH3 is 2. The van der Waals surface area contributed by atoms with Crippen LogP contribution in [0.4, 0.5) is 0 Å². The van der Waals surface area contributed by atoms with Crippen LogP contribution in [0.3, 0.4) is 0 Å². The van der Waals surface area contributed by atoms with Gasteiger partial charge in [-0.1, -0.05) is 0 Å². The van der Waals surface area contributed by atoms with Crippen molar-refractivity contribution >= 4 is 15.7 Å². The van der Waals surface area contributed by atoms with Gasteiger partial charge in [0.1, 0.15) is 11.5 Å². The molecule has 1 aromatic rings. The minimum absolute atomic E-state index is 0.0906. The van der Waals surface area contributed by atoms with Gasteiger partial charge in [-0.3, -0.25) is 4.79 Å². The Morgan fingerprint density at radius 1 is 1.25 bits per heavy atom. The topological polar surface area (TPSA) is 81.7 Å². The first kappa shape index (κ1) is 16.5. The highest BCUT2D eigenvalue weighted by atomic mass is 32.2. The minimum Gasteiger partial charge on any atom is -0.497 e. The Balaban J connectivity index is 2.71. The first-order valence-electron chi connectivity index (χ1n) is 6.04. The molecule has 1 aromatic carbocycles. The van der Waals surface area contributed by atoms with Gasteiger partial charge in [0.05, 0.1) is 18.6 Å². The molecule has 0 saturated heterocycles. The van der Waals surface area contributed by atoms with Crippen molar-refractivity contribution in [1.82, 2.24) is 5.32 Å². The van der Waals surface area contributed by atoms with Crippen LogP contribution in [0.2, 0.25) is 0 Å². The Labute approximate surface area is 119 Å². The lowest BCUT2D eigenvalue weighted by atomic mass is 10.3. The largest absolute Gasteiger partial charge is 0.497 e. The van der Waals surface area contributed by atoms with Crippen LogP contribution >= 0.6 is 0 Å². The van der Waals surface area contributed by atoms with E-state index in [9.17, 15) is 13.2 Å². The lowest BCUT2D eigenvalue weighted by Crippen LogP contribution is -2.39. The van der Waals surface area contributed by atoms with E-state index >= 15 is 0 Å². The lowest BCUT2D eigenvalue weighted by Gasteiger charge is -2.12. The molecule has 1 atom stereocenters. The van der Waals surface area contributed by atoms with Crippen LogP contribution in [-0.2, 0) is 19.4 Å². The second-order valence-electron chi connectivity index (χ2n) is 4.36. The number of hydrogen-bond acceptors (Lipinski definition) is 5. The molecule has 0 heterocycles. The zero-order valence-corrected chi connectivity index (χ0v) is 12.6. The number of benzene rings is 1. The van der Waals surface area contributed by atoms with Crippen LogP contribution in [0.15, 0.2) is 29.2 Å². The number of nitrogens with one attached hydrogen (secondary N) is 1. The molecule has 0 fully saturated rings. The Bertz CT molecular complexity index is 538. The predicted octanol–water partition coefficient (Wildman–Crippen LogP) is 0.620. The van der Waals surface area contributed by atoms with E-state index in [4.69, 9.17) is 9.47 Å². The first-order valence-corrected chi connectivity index (χ1v) is 7.69.